The van der Waals surface area contributed by atoms with Gasteiger partial charge in [0.15, 0.2) is 10.1 Å². The van der Waals surface area contributed by atoms with Crippen molar-refractivity contribution >= 4 is 33.5 Å². The molecule has 3 nitrogen and oxygen atoms in total. The van der Waals surface area contributed by atoms with Gasteiger partial charge < -0.3 is 0 Å². The van der Waals surface area contributed by atoms with Gasteiger partial charge in [-0.25, -0.2) is 14.2 Å². The van der Waals surface area contributed by atoms with Crippen molar-refractivity contribution in [1.29, 1.82) is 0 Å². The summed E-state index contributed by atoms with van der Waals surface area (Å²) in [5.74, 6) is 0. The SMILES string of the molecule is O=S1c2ncsc2-c2scnc21. The molecule has 0 N–H and O–H groups in total. The first-order chi connectivity index (χ1) is 5.88. The van der Waals surface area contributed by atoms with Crippen LogP contribution in [0.3, 0.4) is 0 Å². The molecule has 60 valence electrons. The molecule has 0 unspecified atom stereocenters. The van der Waals surface area contributed by atoms with Crippen molar-refractivity contribution in [2.75, 3.05) is 0 Å². The summed E-state index contributed by atoms with van der Waals surface area (Å²) < 4.78 is 11.6. The smallest absolute Gasteiger partial charge is 0.153 e. The van der Waals surface area contributed by atoms with Crippen LogP contribution in [0, 0.1) is 0 Å². The van der Waals surface area contributed by atoms with Crippen LogP contribution in [0.2, 0.25) is 0 Å². The second-order valence-corrected chi connectivity index (χ2v) is 5.26. The minimum Gasteiger partial charge on any atom is -0.246 e. The zero-order chi connectivity index (χ0) is 8.13. The second kappa shape index (κ2) is 2.21. The standard InChI is InChI=1S/C6H2N2OS3/c9-12-5-3(10-1-7-5)4-6(12)8-2-11-4/h1-2H. The third-order valence-corrected chi connectivity index (χ3v) is 5.02. The number of rotatable bonds is 0. The van der Waals surface area contributed by atoms with Gasteiger partial charge in [-0.05, 0) is 0 Å². The van der Waals surface area contributed by atoms with Crippen molar-refractivity contribution in [3.8, 4) is 9.75 Å². The Kier molecular flexibility index (Phi) is 1.27. The zero-order valence-corrected chi connectivity index (χ0v) is 8.13. The zero-order valence-electron chi connectivity index (χ0n) is 5.68. The quantitative estimate of drug-likeness (QED) is 0.572. The molecule has 0 spiro atoms. The maximum Gasteiger partial charge on any atom is 0.153 e. The first-order valence-corrected chi connectivity index (χ1v) is 6.08. The summed E-state index contributed by atoms with van der Waals surface area (Å²) in [5.41, 5.74) is 3.45. The number of aromatic nitrogens is 2. The van der Waals surface area contributed by atoms with Crippen LogP contribution in [0.4, 0.5) is 0 Å². The fourth-order valence-electron chi connectivity index (χ4n) is 1.13. The molecule has 2 aromatic heterocycles. The van der Waals surface area contributed by atoms with Crippen molar-refractivity contribution in [2.45, 2.75) is 10.1 Å². The predicted molar refractivity (Wildman–Crippen MR) is 47.9 cm³/mol. The minimum atomic E-state index is -1.11. The Hall–Kier alpha value is -0.590. The highest BCUT2D eigenvalue weighted by Gasteiger charge is 2.30. The molecular weight excluding hydrogens is 212 g/mol. The van der Waals surface area contributed by atoms with E-state index in [0.717, 1.165) is 9.75 Å². The molecule has 6 heteroatoms. The second-order valence-electron chi connectivity index (χ2n) is 2.24. The number of thiazole rings is 2. The molecule has 0 atom stereocenters. The first kappa shape index (κ1) is 6.88. The summed E-state index contributed by atoms with van der Waals surface area (Å²) in [6, 6.07) is 0. The average molecular weight is 214 g/mol. The topological polar surface area (TPSA) is 42.9 Å². The molecule has 0 aromatic carbocycles. The summed E-state index contributed by atoms with van der Waals surface area (Å²) in [6.07, 6.45) is 0. The lowest BCUT2D eigenvalue weighted by Crippen LogP contribution is -1.87. The van der Waals surface area contributed by atoms with E-state index >= 15 is 0 Å². The summed E-state index contributed by atoms with van der Waals surface area (Å²) in [4.78, 5) is 10.2. The largest absolute Gasteiger partial charge is 0.246 e. The van der Waals surface area contributed by atoms with E-state index in [9.17, 15) is 4.21 Å². The minimum absolute atomic E-state index is 0.689. The molecule has 0 fully saturated rings. The lowest BCUT2D eigenvalue weighted by Gasteiger charge is -1.83. The van der Waals surface area contributed by atoms with Gasteiger partial charge in [0.1, 0.15) is 10.8 Å². The maximum absolute atomic E-state index is 11.6. The molecule has 1 aliphatic rings. The molecule has 0 aliphatic carbocycles. The number of fused-ring (bicyclic) bond motifs is 3. The fourth-order valence-corrected chi connectivity index (χ4v) is 4.69. The summed E-state index contributed by atoms with van der Waals surface area (Å²) >= 11 is 3.06. The monoisotopic (exact) mass is 214 g/mol. The highest BCUT2D eigenvalue weighted by atomic mass is 32.2. The molecule has 0 bridgehead atoms. The Labute approximate surface area is 78.6 Å². The van der Waals surface area contributed by atoms with Gasteiger partial charge in [0, 0.05) is 0 Å². The Morgan fingerprint density at radius 3 is 2.08 bits per heavy atom. The molecule has 0 amide bonds. The molecule has 0 saturated carbocycles. The van der Waals surface area contributed by atoms with E-state index in [0.29, 0.717) is 10.1 Å². The average Bonchev–Trinajstić information content (AvgIpc) is 2.72. The third kappa shape index (κ3) is 0.675. The van der Waals surface area contributed by atoms with Gasteiger partial charge in [-0.2, -0.15) is 0 Å². The number of hydrogen-bond acceptors (Lipinski definition) is 5. The third-order valence-electron chi connectivity index (χ3n) is 1.63. The number of hydrogen-bond donors (Lipinski definition) is 0. The molecular formula is C6H2N2OS3. The van der Waals surface area contributed by atoms with Crippen molar-refractivity contribution in [2.24, 2.45) is 0 Å². The molecule has 3 heterocycles. The fraction of sp³-hybridized carbons (Fsp3) is 0. The number of nitrogens with zero attached hydrogens (tertiary/aromatic N) is 2. The lowest BCUT2D eigenvalue weighted by molar-refractivity contribution is 0.681. The first-order valence-electron chi connectivity index (χ1n) is 3.17. The molecule has 0 radical (unpaired) electrons. The van der Waals surface area contributed by atoms with Gasteiger partial charge >= 0.3 is 0 Å². The van der Waals surface area contributed by atoms with Crippen molar-refractivity contribution < 1.29 is 4.21 Å². The molecule has 2 aromatic rings. The van der Waals surface area contributed by atoms with Gasteiger partial charge in [0.05, 0.1) is 20.8 Å². The predicted octanol–water partition coefficient (Wildman–Crippen LogP) is 1.75. The van der Waals surface area contributed by atoms with Gasteiger partial charge in [0.25, 0.3) is 0 Å². The lowest BCUT2D eigenvalue weighted by atomic mass is 10.5. The van der Waals surface area contributed by atoms with E-state index in [1.54, 1.807) is 11.0 Å². The normalized spacial score (nSPS) is 14.7. The van der Waals surface area contributed by atoms with Crippen LogP contribution in [-0.4, -0.2) is 14.2 Å². The van der Waals surface area contributed by atoms with Gasteiger partial charge in [-0.3, -0.25) is 0 Å². The van der Waals surface area contributed by atoms with Gasteiger partial charge in [-0.15, -0.1) is 22.7 Å². The van der Waals surface area contributed by atoms with Crippen LogP contribution < -0.4 is 0 Å². The molecule has 0 saturated heterocycles. The van der Waals surface area contributed by atoms with Crippen LogP contribution in [0.15, 0.2) is 21.1 Å². The van der Waals surface area contributed by atoms with E-state index in [1.165, 1.54) is 22.7 Å². The van der Waals surface area contributed by atoms with E-state index < -0.39 is 10.8 Å². The summed E-state index contributed by atoms with van der Waals surface area (Å²) in [7, 11) is -1.11. The van der Waals surface area contributed by atoms with E-state index in [4.69, 9.17) is 0 Å². The van der Waals surface area contributed by atoms with E-state index in [-0.39, 0.29) is 0 Å². The Balaban J connectivity index is 2.47. The summed E-state index contributed by atoms with van der Waals surface area (Å²) in [5, 5.41) is 1.38. The highest BCUT2D eigenvalue weighted by Crippen LogP contribution is 2.44. The van der Waals surface area contributed by atoms with Crippen LogP contribution in [-0.2, 0) is 10.8 Å². The maximum atomic E-state index is 11.6. The summed E-state index contributed by atoms with van der Waals surface area (Å²) in [6.45, 7) is 0. The van der Waals surface area contributed by atoms with Crippen LogP contribution in [0.25, 0.3) is 9.75 Å². The molecule has 12 heavy (non-hydrogen) atoms. The van der Waals surface area contributed by atoms with Crippen LogP contribution >= 0.6 is 22.7 Å². The van der Waals surface area contributed by atoms with Crippen molar-refractivity contribution in [3.05, 3.63) is 11.0 Å². The van der Waals surface area contributed by atoms with Gasteiger partial charge in [-0.1, -0.05) is 0 Å². The van der Waals surface area contributed by atoms with E-state index in [1.807, 2.05) is 0 Å². The van der Waals surface area contributed by atoms with E-state index in [2.05, 4.69) is 9.97 Å². The van der Waals surface area contributed by atoms with Crippen LogP contribution in [0.5, 0.6) is 0 Å². The Morgan fingerprint density at radius 1 is 1.08 bits per heavy atom. The van der Waals surface area contributed by atoms with Gasteiger partial charge in [0.2, 0.25) is 0 Å². The Bertz CT molecular complexity index is 430. The van der Waals surface area contributed by atoms with Crippen molar-refractivity contribution in [3.63, 3.8) is 0 Å². The Morgan fingerprint density at radius 2 is 1.58 bits per heavy atom. The van der Waals surface area contributed by atoms with Crippen LogP contribution in [0.1, 0.15) is 0 Å². The van der Waals surface area contributed by atoms with Crippen molar-refractivity contribution in [1.82, 2.24) is 9.97 Å². The molecule has 1 aliphatic heterocycles. The molecule has 3 rings (SSSR count). The highest BCUT2D eigenvalue weighted by molar-refractivity contribution is 7.86.